The van der Waals surface area contributed by atoms with Crippen LogP contribution in [0.2, 0.25) is 0 Å². The molecule has 0 fully saturated rings. The predicted octanol–water partition coefficient (Wildman–Crippen LogP) is 11.9. The number of esters is 1. The van der Waals surface area contributed by atoms with Gasteiger partial charge < -0.3 is 4.74 Å². The third-order valence-electron chi connectivity index (χ3n) is 7.55. The normalized spacial score (nSPS) is 12.4. The molecule has 214 valence electrons. The second-order valence-electron chi connectivity index (χ2n) is 11.3. The molecule has 0 radical (unpaired) electrons. The van der Waals surface area contributed by atoms with E-state index in [0.29, 0.717) is 18.9 Å². The Labute approximate surface area is 227 Å². The summed E-state index contributed by atoms with van der Waals surface area (Å²) in [5.41, 5.74) is 0. The highest BCUT2D eigenvalue weighted by molar-refractivity contribution is 5.69. The fraction of sp³-hybridized carbons (Fsp3) is 0.912. The summed E-state index contributed by atoms with van der Waals surface area (Å²) in [5, 5.41) is 0. The van der Waals surface area contributed by atoms with Gasteiger partial charge in [-0.3, -0.25) is 4.79 Å². The minimum absolute atomic E-state index is 0.0396. The van der Waals surface area contributed by atoms with E-state index in [-0.39, 0.29) is 5.97 Å². The number of carbonyl (C=O) groups excluding carboxylic acids is 1. The molecule has 36 heavy (non-hydrogen) atoms. The van der Waals surface area contributed by atoms with E-state index in [1.54, 1.807) is 0 Å². The van der Waals surface area contributed by atoms with Crippen LogP contribution in [0.4, 0.5) is 0 Å². The molecule has 0 aromatic rings. The topological polar surface area (TPSA) is 26.3 Å². The standard InChI is InChI=1S/C34H66O2/c1-4-7-10-13-16-18-19-20-22-25-28-31-34(35)36-32-33(29-26-23-15-12-9-6-3)30-27-24-21-17-14-11-8-5-2/h13,16,33H,4-12,14-15,17-32H2,1-3H3/b16-13-. The summed E-state index contributed by atoms with van der Waals surface area (Å²) >= 11 is 0. The molecule has 0 aliphatic rings. The van der Waals surface area contributed by atoms with Crippen LogP contribution in [0.3, 0.4) is 0 Å². The lowest BCUT2D eigenvalue weighted by Gasteiger charge is -2.17. The van der Waals surface area contributed by atoms with E-state index >= 15 is 0 Å². The smallest absolute Gasteiger partial charge is 0.305 e. The zero-order chi connectivity index (χ0) is 26.4. The number of ether oxygens (including phenoxy) is 1. The lowest BCUT2D eigenvalue weighted by atomic mass is 9.94. The van der Waals surface area contributed by atoms with Gasteiger partial charge in [0.2, 0.25) is 0 Å². The summed E-state index contributed by atoms with van der Waals surface area (Å²) in [5.74, 6) is 0.614. The Kier molecular flexibility index (Phi) is 29.8. The summed E-state index contributed by atoms with van der Waals surface area (Å²) in [4.78, 5) is 12.3. The van der Waals surface area contributed by atoms with Crippen LogP contribution in [-0.2, 0) is 9.53 Å². The van der Waals surface area contributed by atoms with Crippen molar-refractivity contribution in [2.45, 2.75) is 188 Å². The maximum atomic E-state index is 12.3. The van der Waals surface area contributed by atoms with Crippen molar-refractivity contribution in [1.82, 2.24) is 0 Å². The fourth-order valence-electron chi connectivity index (χ4n) is 4.99. The monoisotopic (exact) mass is 507 g/mol. The molecule has 0 aliphatic carbocycles. The van der Waals surface area contributed by atoms with E-state index < -0.39 is 0 Å². The molecule has 0 saturated heterocycles. The second kappa shape index (κ2) is 30.4. The maximum Gasteiger partial charge on any atom is 0.305 e. The highest BCUT2D eigenvalue weighted by Crippen LogP contribution is 2.20. The highest BCUT2D eigenvalue weighted by Gasteiger charge is 2.12. The Morgan fingerprint density at radius 2 is 0.944 bits per heavy atom. The molecular weight excluding hydrogens is 440 g/mol. The average molecular weight is 507 g/mol. The van der Waals surface area contributed by atoms with Gasteiger partial charge >= 0.3 is 5.97 Å². The molecule has 0 N–H and O–H groups in total. The molecular formula is C34H66O2. The van der Waals surface area contributed by atoms with Gasteiger partial charge in [-0.25, -0.2) is 0 Å². The van der Waals surface area contributed by atoms with Gasteiger partial charge in [0.25, 0.3) is 0 Å². The van der Waals surface area contributed by atoms with Gasteiger partial charge in [0.1, 0.15) is 0 Å². The highest BCUT2D eigenvalue weighted by atomic mass is 16.5. The van der Waals surface area contributed by atoms with Crippen LogP contribution >= 0.6 is 0 Å². The first-order chi connectivity index (χ1) is 17.7. The van der Waals surface area contributed by atoms with Crippen molar-refractivity contribution in [2.75, 3.05) is 6.61 Å². The minimum atomic E-state index is 0.0396. The quantitative estimate of drug-likeness (QED) is 0.0572. The van der Waals surface area contributed by atoms with Gasteiger partial charge in [-0.1, -0.05) is 155 Å². The van der Waals surface area contributed by atoms with Crippen LogP contribution in [-0.4, -0.2) is 12.6 Å². The van der Waals surface area contributed by atoms with E-state index in [1.807, 2.05) is 0 Å². The first kappa shape index (κ1) is 35.2. The summed E-state index contributed by atoms with van der Waals surface area (Å²) < 4.78 is 5.77. The molecule has 1 atom stereocenters. The Morgan fingerprint density at radius 3 is 1.47 bits per heavy atom. The Balaban J connectivity index is 3.94. The van der Waals surface area contributed by atoms with Crippen molar-refractivity contribution in [3.63, 3.8) is 0 Å². The molecule has 0 amide bonds. The minimum Gasteiger partial charge on any atom is -0.465 e. The third kappa shape index (κ3) is 27.8. The van der Waals surface area contributed by atoms with Crippen molar-refractivity contribution in [2.24, 2.45) is 5.92 Å². The third-order valence-corrected chi connectivity index (χ3v) is 7.55. The SMILES string of the molecule is CCCC/C=C\CCCCCCCC(=O)OCC(CCCCCCCC)CCCCCCCCCC. The van der Waals surface area contributed by atoms with Crippen molar-refractivity contribution in [1.29, 1.82) is 0 Å². The average Bonchev–Trinajstić information content (AvgIpc) is 2.88. The van der Waals surface area contributed by atoms with Gasteiger partial charge in [-0.2, -0.15) is 0 Å². The number of allylic oxidation sites excluding steroid dienone is 2. The summed E-state index contributed by atoms with van der Waals surface area (Å²) in [7, 11) is 0. The molecule has 0 heterocycles. The zero-order valence-electron chi connectivity index (χ0n) is 25.1. The van der Waals surface area contributed by atoms with Crippen molar-refractivity contribution < 1.29 is 9.53 Å². The van der Waals surface area contributed by atoms with Gasteiger partial charge in [0.15, 0.2) is 0 Å². The van der Waals surface area contributed by atoms with E-state index in [0.717, 1.165) is 12.8 Å². The van der Waals surface area contributed by atoms with Crippen molar-refractivity contribution in [3.05, 3.63) is 12.2 Å². The lowest BCUT2D eigenvalue weighted by molar-refractivity contribution is -0.145. The number of hydrogen-bond acceptors (Lipinski definition) is 2. The number of hydrogen-bond donors (Lipinski definition) is 0. The largest absolute Gasteiger partial charge is 0.465 e. The van der Waals surface area contributed by atoms with Crippen molar-refractivity contribution in [3.8, 4) is 0 Å². The van der Waals surface area contributed by atoms with E-state index in [2.05, 4.69) is 32.9 Å². The molecule has 0 saturated carbocycles. The van der Waals surface area contributed by atoms with Gasteiger partial charge in [-0.15, -0.1) is 0 Å². The van der Waals surface area contributed by atoms with Crippen LogP contribution in [0.25, 0.3) is 0 Å². The number of unbranched alkanes of at least 4 members (excludes halogenated alkanes) is 19. The van der Waals surface area contributed by atoms with E-state index in [4.69, 9.17) is 4.74 Å². The molecule has 0 bridgehead atoms. The molecule has 1 unspecified atom stereocenters. The molecule has 2 nitrogen and oxygen atoms in total. The van der Waals surface area contributed by atoms with Gasteiger partial charge in [0.05, 0.1) is 6.61 Å². The van der Waals surface area contributed by atoms with Gasteiger partial charge in [-0.05, 0) is 44.4 Å². The van der Waals surface area contributed by atoms with Crippen LogP contribution in [0.5, 0.6) is 0 Å². The first-order valence-electron chi connectivity index (χ1n) is 16.5. The van der Waals surface area contributed by atoms with Crippen LogP contribution in [0, 0.1) is 5.92 Å². The fourth-order valence-corrected chi connectivity index (χ4v) is 4.99. The molecule has 0 rings (SSSR count). The molecule has 0 aliphatic heterocycles. The molecule has 0 aromatic carbocycles. The summed E-state index contributed by atoms with van der Waals surface area (Å²) in [6, 6.07) is 0. The maximum absolute atomic E-state index is 12.3. The van der Waals surface area contributed by atoms with Crippen LogP contribution in [0.15, 0.2) is 12.2 Å². The van der Waals surface area contributed by atoms with Crippen LogP contribution in [0.1, 0.15) is 188 Å². The van der Waals surface area contributed by atoms with E-state index in [9.17, 15) is 4.79 Å². The van der Waals surface area contributed by atoms with Gasteiger partial charge in [0, 0.05) is 6.42 Å². The lowest BCUT2D eigenvalue weighted by Crippen LogP contribution is -2.14. The zero-order valence-corrected chi connectivity index (χ0v) is 25.1. The molecule has 0 spiro atoms. The predicted molar refractivity (Wildman–Crippen MR) is 161 cm³/mol. The Bertz CT molecular complexity index is 456. The van der Waals surface area contributed by atoms with Crippen LogP contribution < -0.4 is 0 Å². The van der Waals surface area contributed by atoms with Crippen molar-refractivity contribution >= 4 is 5.97 Å². The van der Waals surface area contributed by atoms with E-state index in [1.165, 1.54) is 148 Å². The number of carbonyl (C=O) groups is 1. The molecule has 0 aromatic heterocycles. The number of rotatable bonds is 29. The second-order valence-corrected chi connectivity index (χ2v) is 11.3. The first-order valence-corrected chi connectivity index (χ1v) is 16.5. The molecule has 2 heteroatoms. The summed E-state index contributed by atoms with van der Waals surface area (Å²) in [6.07, 6.45) is 37.8. The summed E-state index contributed by atoms with van der Waals surface area (Å²) in [6.45, 7) is 7.47. The Hall–Kier alpha value is -0.790. The Morgan fingerprint density at radius 1 is 0.528 bits per heavy atom.